The molecule has 1 N–H and O–H groups in total. The minimum Gasteiger partial charge on any atom is -0.491 e. The van der Waals surface area contributed by atoms with Gasteiger partial charge in [-0.05, 0) is 19.1 Å². The summed E-state index contributed by atoms with van der Waals surface area (Å²) in [7, 11) is 3.35. The number of nitrogens with zero attached hydrogens (tertiary/aromatic N) is 2. The molecule has 0 saturated carbocycles. The molecular weight excluding hydrogens is 398 g/mol. The third-order valence-electron chi connectivity index (χ3n) is 5.67. The third-order valence-corrected chi connectivity index (χ3v) is 5.67. The van der Waals surface area contributed by atoms with Crippen molar-refractivity contribution in [2.24, 2.45) is 5.92 Å². The van der Waals surface area contributed by atoms with Crippen LogP contribution in [0.15, 0.2) is 18.2 Å². The molecule has 3 atom stereocenters. The van der Waals surface area contributed by atoms with Crippen LogP contribution in [0.2, 0.25) is 0 Å². The maximum absolute atomic E-state index is 13.1. The largest absolute Gasteiger partial charge is 0.491 e. The lowest BCUT2D eigenvalue weighted by Crippen LogP contribution is -2.48. The molecule has 31 heavy (non-hydrogen) atoms. The van der Waals surface area contributed by atoms with Gasteiger partial charge in [0, 0.05) is 57.8 Å². The maximum Gasteiger partial charge on any atom is 0.257 e. The SMILES string of the molecule is CCC(=O)Nc1ccc2c(c1)OC[C@H](C)N(C(=O)CC)C[C@H](C)[C@@H](OC)CN(C)C2=O. The van der Waals surface area contributed by atoms with Crippen LogP contribution in [-0.4, -0.2) is 73.5 Å². The highest BCUT2D eigenvalue weighted by Crippen LogP contribution is 2.27. The molecule has 1 aliphatic heterocycles. The van der Waals surface area contributed by atoms with Gasteiger partial charge < -0.3 is 24.6 Å². The van der Waals surface area contributed by atoms with Crippen LogP contribution in [0.4, 0.5) is 5.69 Å². The van der Waals surface area contributed by atoms with Crippen molar-refractivity contribution in [1.82, 2.24) is 9.80 Å². The minimum absolute atomic E-state index is 0.0312. The van der Waals surface area contributed by atoms with Crippen LogP contribution in [0, 0.1) is 5.92 Å². The monoisotopic (exact) mass is 433 g/mol. The molecule has 3 amide bonds. The lowest BCUT2D eigenvalue weighted by molar-refractivity contribution is -0.135. The molecule has 0 saturated heterocycles. The summed E-state index contributed by atoms with van der Waals surface area (Å²) in [4.78, 5) is 41.0. The zero-order valence-corrected chi connectivity index (χ0v) is 19.4. The normalized spacial score (nSPS) is 22.6. The molecule has 0 aromatic heterocycles. The van der Waals surface area contributed by atoms with Crippen LogP contribution in [0.25, 0.3) is 0 Å². The Morgan fingerprint density at radius 3 is 2.52 bits per heavy atom. The van der Waals surface area contributed by atoms with Crippen LogP contribution in [0.3, 0.4) is 0 Å². The van der Waals surface area contributed by atoms with Crippen molar-refractivity contribution < 1.29 is 23.9 Å². The molecule has 0 unspecified atom stereocenters. The van der Waals surface area contributed by atoms with Gasteiger partial charge in [-0.3, -0.25) is 14.4 Å². The van der Waals surface area contributed by atoms with E-state index >= 15 is 0 Å². The summed E-state index contributed by atoms with van der Waals surface area (Å²) in [6.07, 6.45) is 0.526. The first-order valence-corrected chi connectivity index (χ1v) is 10.9. The van der Waals surface area contributed by atoms with Crippen molar-refractivity contribution in [2.45, 2.75) is 52.7 Å². The van der Waals surface area contributed by atoms with E-state index in [1.165, 1.54) is 0 Å². The number of ether oxygens (including phenoxy) is 2. The molecule has 0 fully saturated rings. The number of carbonyl (C=O) groups excluding carboxylic acids is 3. The van der Waals surface area contributed by atoms with E-state index in [1.807, 2.05) is 25.7 Å². The van der Waals surface area contributed by atoms with Gasteiger partial charge in [-0.1, -0.05) is 20.8 Å². The van der Waals surface area contributed by atoms with E-state index in [0.29, 0.717) is 42.9 Å². The van der Waals surface area contributed by atoms with Crippen molar-refractivity contribution >= 4 is 23.4 Å². The highest BCUT2D eigenvalue weighted by molar-refractivity contribution is 5.98. The van der Waals surface area contributed by atoms with Gasteiger partial charge in [0.1, 0.15) is 12.4 Å². The van der Waals surface area contributed by atoms with E-state index in [2.05, 4.69) is 5.32 Å². The number of methoxy groups -OCH3 is 1. The highest BCUT2D eigenvalue weighted by Gasteiger charge is 2.29. The van der Waals surface area contributed by atoms with Crippen LogP contribution in [0.1, 0.15) is 50.9 Å². The Morgan fingerprint density at radius 2 is 1.90 bits per heavy atom. The van der Waals surface area contributed by atoms with Gasteiger partial charge >= 0.3 is 0 Å². The van der Waals surface area contributed by atoms with Gasteiger partial charge in [0.25, 0.3) is 5.91 Å². The molecule has 1 aliphatic rings. The molecule has 8 heteroatoms. The summed E-state index contributed by atoms with van der Waals surface area (Å²) in [6.45, 7) is 8.69. The Labute approximate surface area is 184 Å². The van der Waals surface area contributed by atoms with Gasteiger partial charge in [-0.2, -0.15) is 0 Å². The van der Waals surface area contributed by atoms with Gasteiger partial charge in [-0.15, -0.1) is 0 Å². The quantitative estimate of drug-likeness (QED) is 0.789. The van der Waals surface area contributed by atoms with E-state index < -0.39 is 0 Å². The third kappa shape index (κ3) is 6.19. The Kier molecular flexibility index (Phi) is 8.86. The molecule has 1 heterocycles. The molecule has 1 aromatic carbocycles. The summed E-state index contributed by atoms with van der Waals surface area (Å²) in [5.41, 5.74) is 0.964. The van der Waals surface area contributed by atoms with Crippen molar-refractivity contribution in [3.8, 4) is 5.75 Å². The number of rotatable bonds is 4. The molecule has 0 aliphatic carbocycles. The van der Waals surface area contributed by atoms with E-state index in [9.17, 15) is 14.4 Å². The number of amides is 3. The Hall–Kier alpha value is -2.61. The summed E-state index contributed by atoms with van der Waals surface area (Å²) in [5, 5.41) is 2.80. The average molecular weight is 434 g/mol. The van der Waals surface area contributed by atoms with Crippen molar-refractivity contribution in [2.75, 3.05) is 39.2 Å². The number of carbonyl (C=O) groups is 3. The van der Waals surface area contributed by atoms with Gasteiger partial charge in [0.2, 0.25) is 11.8 Å². The summed E-state index contributed by atoms with van der Waals surface area (Å²) < 4.78 is 11.7. The second-order valence-electron chi connectivity index (χ2n) is 8.11. The number of nitrogens with one attached hydrogen (secondary N) is 1. The van der Waals surface area contributed by atoms with Crippen molar-refractivity contribution in [3.05, 3.63) is 23.8 Å². The zero-order chi connectivity index (χ0) is 23.1. The standard InChI is InChI=1S/C23H35N3O5/c1-7-21(27)24-17-9-10-18-19(11-17)31-14-16(4)26(22(28)8-2)12-15(3)20(30-6)13-25(5)23(18)29/h9-11,15-16,20H,7-8,12-14H2,1-6H3,(H,24,27)/t15-,16-,20-/m0/s1. The lowest BCUT2D eigenvalue weighted by Gasteiger charge is -2.36. The minimum atomic E-state index is -0.222. The van der Waals surface area contributed by atoms with E-state index in [1.54, 1.807) is 44.2 Å². The first kappa shape index (κ1) is 24.7. The molecule has 0 bridgehead atoms. The predicted octanol–water partition coefficient (Wildman–Crippen LogP) is 2.78. The van der Waals surface area contributed by atoms with Gasteiger partial charge in [0.15, 0.2) is 0 Å². The van der Waals surface area contributed by atoms with Gasteiger partial charge in [0.05, 0.1) is 17.7 Å². The van der Waals surface area contributed by atoms with Crippen LogP contribution >= 0.6 is 0 Å². The molecule has 8 nitrogen and oxygen atoms in total. The topological polar surface area (TPSA) is 88.2 Å². The lowest BCUT2D eigenvalue weighted by atomic mass is 10.0. The summed E-state index contributed by atoms with van der Waals surface area (Å²) in [5.74, 6) is 0.144. The number of likely N-dealkylation sites (N-methyl/N-ethyl adjacent to an activating group) is 1. The second kappa shape index (κ2) is 11.1. The smallest absolute Gasteiger partial charge is 0.257 e. The first-order valence-electron chi connectivity index (χ1n) is 10.9. The number of benzene rings is 1. The number of anilines is 1. The number of hydrogen-bond acceptors (Lipinski definition) is 5. The highest BCUT2D eigenvalue weighted by atomic mass is 16.5. The molecule has 172 valence electrons. The maximum atomic E-state index is 13.1. The Balaban J connectivity index is 2.45. The molecular formula is C23H35N3O5. The second-order valence-corrected chi connectivity index (χ2v) is 8.11. The van der Waals surface area contributed by atoms with Crippen molar-refractivity contribution in [1.29, 1.82) is 0 Å². The number of fused-ring (bicyclic) bond motifs is 1. The molecule has 1 aromatic rings. The van der Waals surface area contributed by atoms with Crippen LogP contribution < -0.4 is 10.1 Å². The van der Waals surface area contributed by atoms with Gasteiger partial charge in [-0.25, -0.2) is 0 Å². The van der Waals surface area contributed by atoms with Crippen molar-refractivity contribution in [3.63, 3.8) is 0 Å². The summed E-state index contributed by atoms with van der Waals surface area (Å²) in [6, 6.07) is 4.83. The van der Waals surface area contributed by atoms with Crippen LogP contribution in [-0.2, 0) is 14.3 Å². The first-order chi connectivity index (χ1) is 14.7. The summed E-state index contributed by atoms with van der Waals surface area (Å²) >= 11 is 0. The Bertz CT molecular complexity index is 797. The predicted molar refractivity (Wildman–Crippen MR) is 119 cm³/mol. The van der Waals surface area contributed by atoms with E-state index in [-0.39, 0.29) is 42.4 Å². The van der Waals surface area contributed by atoms with E-state index in [4.69, 9.17) is 9.47 Å². The van der Waals surface area contributed by atoms with E-state index in [0.717, 1.165) is 0 Å². The average Bonchev–Trinajstić information content (AvgIpc) is 2.77. The van der Waals surface area contributed by atoms with Crippen LogP contribution in [0.5, 0.6) is 5.75 Å². The fourth-order valence-corrected chi connectivity index (χ4v) is 3.65. The molecule has 0 radical (unpaired) electrons. The zero-order valence-electron chi connectivity index (χ0n) is 19.4. The fourth-order valence-electron chi connectivity index (χ4n) is 3.65. The molecule has 0 spiro atoms. The Morgan fingerprint density at radius 1 is 1.19 bits per heavy atom. The molecule has 2 rings (SSSR count). The number of hydrogen-bond donors (Lipinski definition) is 1. The fraction of sp³-hybridized carbons (Fsp3) is 0.609.